The lowest BCUT2D eigenvalue weighted by molar-refractivity contribution is 0.0713. The number of nitrogens with two attached hydrogens (primary N) is 1. The summed E-state index contributed by atoms with van der Waals surface area (Å²) in [6, 6.07) is 0. The van der Waals surface area contributed by atoms with Gasteiger partial charge in [0.1, 0.15) is 0 Å². The maximum Gasteiger partial charge on any atom is 0.203 e. The van der Waals surface area contributed by atoms with Crippen LogP contribution in [-0.2, 0) is 9.47 Å². The standard InChI is InChI=1S/C8H15N3O2S2/c1-12-4-5-13-3-2-6-14-8-11-10-7(9)15-8/h2-6H2,1H3,(H2,9,10). The summed E-state index contributed by atoms with van der Waals surface area (Å²) < 4.78 is 11.1. The predicted octanol–water partition coefficient (Wildman–Crippen LogP) is 1.27. The van der Waals surface area contributed by atoms with Gasteiger partial charge in [-0.25, -0.2) is 0 Å². The predicted molar refractivity (Wildman–Crippen MR) is 62.4 cm³/mol. The van der Waals surface area contributed by atoms with Crippen molar-refractivity contribution in [2.24, 2.45) is 0 Å². The Hall–Kier alpha value is -0.370. The van der Waals surface area contributed by atoms with Crippen LogP contribution in [0.1, 0.15) is 6.42 Å². The zero-order valence-electron chi connectivity index (χ0n) is 8.64. The third-order valence-corrected chi connectivity index (χ3v) is 3.48. The van der Waals surface area contributed by atoms with Crippen LogP contribution >= 0.6 is 23.1 Å². The molecule has 1 aromatic rings. The number of aromatic nitrogens is 2. The average Bonchev–Trinajstić information content (AvgIpc) is 2.63. The van der Waals surface area contributed by atoms with Crippen molar-refractivity contribution in [1.82, 2.24) is 10.2 Å². The van der Waals surface area contributed by atoms with E-state index in [0.717, 1.165) is 23.1 Å². The number of ether oxygens (including phenoxy) is 2. The van der Waals surface area contributed by atoms with Crippen LogP contribution in [0.15, 0.2) is 4.34 Å². The van der Waals surface area contributed by atoms with Crippen molar-refractivity contribution in [2.75, 3.05) is 38.4 Å². The first-order valence-electron chi connectivity index (χ1n) is 4.61. The fourth-order valence-electron chi connectivity index (χ4n) is 0.844. The molecule has 0 bridgehead atoms. The van der Waals surface area contributed by atoms with E-state index in [0.29, 0.717) is 18.3 Å². The van der Waals surface area contributed by atoms with Crippen molar-refractivity contribution < 1.29 is 9.47 Å². The lowest BCUT2D eigenvalue weighted by Crippen LogP contribution is -2.03. The first kappa shape index (κ1) is 12.7. The van der Waals surface area contributed by atoms with Gasteiger partial charge < -0.3 is 15.2 Å². The van der Waals surface area contributed by atoms with Gasteiger partial charge in [0.2, 0.25) is 5.13 Å². The first-order chi connectivity index (χ1) is 7.33. The molecule has 5 nitrogen and oxygen atoms in total. The van der Waals surface area contributed by atoms with Crippen molar-refractivity contribution in [3.8, 4) is 0 Å². The Labute approximate surface area is 97.4 Å². The van der Waals surface area contributed by atoms with E-state index in [1.165, 1.54) is 11.3 Å². The summed E-state index contributed by atoms with van der Waals surface area (Å²) in [6.45, 7) is 2.07. The van der Waals surface area contributed by atoms with Crippen LogP contribution in [0.5, 0.6) is 0 Å². The second-order valence-corrected chi connectivity index (χ2v) is 5.06. The number of hydrogen-bond donors (Lipinski definition) is 1. The van der Waals surface area contributed by atoms with Crippen molar-refractivity contribution >= 4 is 28.2 Å². The molecule has 1 aromatic heterocycles. The summed E-state index contributed by atoms with van der Waals surface area (Å²) in [5.41, 5.74) is 5.46. The lowest BCUT2D eigenvalue weighted by atomic mass is 10.5. The van der Waals surface area contributed by atoms with Gasteiger partial charge in [-0.15, -0.1) is 10.2 Å². The minimum Gasteiger partial charge on any atom is -0.382 e. The van der Waals surface area contributed by atoms with Crippen LogP contribution < -0.4 is 5.73 Å². The maximum atomic E-state index is 5.46. The summed E-state index contributed by atoms with van der Waals surface area (Å²) in [5, 5.41) is 8.16. The molecule has 0 amide bonds. The highest BCUT2D eigenvalue weighted by Crippen LogP contribution is 2.23. The molecule has 0 aliphatic heterocycles. The molecule has 0 unspecified atom stereocenters. The largest absolute Gasteiger partial charge is 0.382 e. The molecular weight excluding hydrogens is 234 g/mol. The number of anilines is 1. The molecular formula is C8H15N3O2S2. The van der Waals surface area contributed by atoms with Crippen LogP contribution in [0.3, 0.4) is 0 Å². The minimum atomic E-state index is 0.522. The minimum absolute atomic E-state index is 0.522. The average molecular weight is 249 g/mol. The second kappa shape index (κ2) is 7.86. The van der Waals surface area contributed by atoms with Crippen LogP contribution in [0.4, 0.5) is 5.13 Å². The highest BCUT2D eigenvalue weighted by Gasteiger charge is 2.00. The number of nitrogen functional groups attached to an aromatic ring is 1. The van der Waals surface area contributed by atoms with Gasteiger partial charge in [0.25, 0.3) is 0 Å². The molecule has 0 saturated carbocycles. The van der Waals surface area contributed by atoms with E-state index in [1.807, 2.05) is 0 Å². The second-order valence-electron chi connectivity index (χ2n) is 2.71. The molecule has 1 rings (SSSR count). The highest BCUT2D eigenvalue weighted by atomic mass is 32.2. The number of thioether (sulfide) groups is 1. The number of nitrogens with zero attached hydrogens (tertiary/aromatic N) is 2. The fourth-order valence-corrected chi connectivity index (χ4v) is 2.46. The molecule has 1 heterocycles. The van der Waals surface area contributed by atoms with Gasteiger partial charge in [-0.3, -0.25) is 0 Å². The van der Waals surface area contributed by atoms with Crippen LogP contribution in [0.25, 0.3) is 0 Å². The fraction of sp³-hybridized carbons (Fsp3) is 0.750. The van der Waals surface area contributed by atoms with Gasteiger partial charge in [0.15, 0.2) is 4.34 Å². The van der Waals surface area contributed by atoms with Crippen LogP contribution in [-0.4, -0.2) is 42.9 Å². The van der Waals surface area contributed by atoms with Gasteiger partial charge in [0.05, 0.1) is 13.2 Å². The van der Waals surface area contributed by atoms with Gasteiger partial charge in [-0.05, 0) is 6.42 Å². The summed E-state index contributed by atoms with van der Waals surface area (Å²) >= 11 is 3.08. The molecule has 0 fully saturated rings. The smallest absolute Gasteiger partial charge is 0.203 e. The quantitative estimate of drug-likeness (QED) is 0.552. The molecule has 2 N–H and O–H groups in total. The Morgan fingerprint density at radius 1 is 1.33 bits per heavy atom. The molecule has 0 aliphatic rings. The molecule has 0 saturated heterocycles. The van der Waals surface area contributed by atoms with Gasteiger partial charge in [0, 0.05) is 19.5 Å². The van der Waals surface area contributed by atoms with Crippen molar-refractivity contribution in [2.45, 2.75) is 10.8 Å². The van der Waals surface area contributed by atoms with E-state index in [9.17, 15) is 0 Å². The Morgan fingerprint density at radius 2 is 2.20 bits per heavy atom. The third-order valence-electron chi connectivity index (χ3n) is 1.51. The summed E-state index contributed by atoms with van der Waals surface area (Å²) in [6.07, 6.45) is 0.994. The Kier molecular flexibility index (Phi) is 6.66. The van der Waals surface area contributed by atoms with Crippen molar-refractivity contribution in [3.63, 3.8) is 0 Å². The molecule has 0 atom stereocenters. The molecule has 15 heavy (non-hydrogen) atoms. The number of methoxy groups -OCH3 is 1. The first-order valence-corrected chi connectivity index (χ1v) is 6.41. The zero-order chi connectivity index (χ0) is 10.9. The normalized spacial score (nSPS) is 10.7. The Balaban J connectivity index is 1.93. The molecule has 86 valence electrons. The summed E-state index contributed by atoms with van der Waals surface area (Å²) in [4.78, 5) is 0. The summed E-state index contributed by atoms with van der Waals surface area (Å²) in [5.74, 6) is 0.974. The topological polar surface area (TPSA) is 70.3 Å². The van der Waals surface area contributed by atoms with Gasteiger partial charge >= 0.3 is 0 Å². The van der Waals surface area contributed by atoms with Crippen molar-refractivity contribution in [1.29, 1.82) is 0 Å². The van der Waals surface area contributed by atoms with Gasteiger partial charge in [-0.1, -0.05) is 23.1 Å². The van der Waals surface area contributed by atoms with E-state index in [1.54, 1.807) is 18.9 Å². The van der Waals surface area contributed by atoms with E-state index < -0.39 is 0 Å². The molecule has 7 heteroatoms. The summed E-state index contributed by atoms with van der Waals surface area (Å²) in [7, 11) is 1.67. The van der Waals surface area contributed by atoms with Crippen LogP contribution in [0, 0.1) is 0 Å². The zero-order valence-corrected chi connectivity index (χ0v) is 10.3. The number of rotatable bonds is 8. The van der Waals surface area contributed by atoms with Gasteiger partial charge in [-0.2, -0.15) is 0 Å². The van der Waals surface area contributed by atoms with Crippen molar-refractivity contribution in [3.05, 3.63) is 0 Å². The molecule has 0 radical (unpaired) electrons. The van der Waals surface area contributed by atoms with E-state index in [-0.39, 0.29) is 0 Å². The van der Waals surface area contributed by atoms with E-state index in [4.69, 9.17) is 15.2 Å². The number of hydrogen-bond acceptors (Lipinski definition) is 7. The SMILES string of the molecule is COCCOCCCSc1nnc(N)s1. The Bertz CT molecular complexity index is 270. The third kappa shape index (κ3) is 5.93. The monoisotopic (exact) mass is 249 g/mol. The lowest BCUT2D eigenvalue weighted by Gasteiger charge is -2.01. The maximum absolute atomic E-state index is 5.46. The Morgan fingerprint density at radius 3 is 2.87 bits per heavy atom. The molecule has 0 aromatic carbocycles. The highest BCUT2D eigenvalue weighted by molar-refractivity contribution is 8.01. The van der Waals surface area contributed by atoms with E-state index in [2.05, 4.69) is 10.2 Å². The van der Waals surface area contributed by atoms with E-state index >= 15 is 0 Å². The molecule has 0 aliphatic carbocycles. The van der Waals surface area contributed by atoms with Crippen LogP contribution in [0.2, 0.25) is 0 Å². The molecule has 0 spiro atoms.